The van der Waals surface area contributed by atoms with Crippen molar-refractivity contribution in [1.29, 1.82) is 0 Å². The third-order valence-corrected chi connectivity index (χ3v) is 11.4. The van der Waals surface area contributed by atoms with Gasteiger partial charge in [0.15, 0.2) is 0 Å². The average Bonchev–Trinajstić information content (AvgIpc) is 3.46. The summed E-state index contributed by atoms with van der Waals surface area (Å²) in [4.78, 5) is 5.58. The highest BCUT2D eigenvalue weighted by Gasteiger charge is 2.49. The summed E-state index contributed by atoms with van der Waals surface area (Å²) >= 11 is 0. The molecule has 276 valence electrons. The smallest absolute Gasteiger partial charge is 0.123 e. The third kappa shape index (κ3) is 15.3. The molecule has 2 atom stereocenters. The molecule has 1 heterocycles. The van der Waals surface area contributed by atoms with Crippen LogP contribution in [-0.2, 0) is 6.42 Å². The summed E-state index contributed by atoms with van der Waals surface area (Å²) in [5, 5.41) is 0. The third-order valence-electron chi connectivity index (χ3n) is 11.4. The molecule has 49 heavy (non-hydrogen) atoms. The maximum atomic E-state index is 2.79. The van der Waals surface area contributed by atoms with Gasteiger partial charge in [-0.25, -0.2) is 0 Å². The van der Waals surface area contributed by atoms with Gasteiger partial charge < -0.3 is 9.80 Å². The molecule has 2 unspecified atom stereocenters. The van der Waals surface area contributed by atoms with Gasteiger partial charge >= 0.3 is 0 Å². The van der Waals surface area contributed by atoms with Crippen molar-refractivity contribution >= 4 is 0 Å². The summed E-state index contributed by atoms with van der Waals surface area (Å²) < 4.78 is 0. The molecule has 0 radical (unpaired) electrons. The van der Waals surface area contributed by atoms with Crippen LogP contribution in [0, 0.1) is 0 Å². The van der Waals surface area contributed by atoms with Crippen LogP contribution < -0.4 is 0 Å². The van der Waals surface area contributed by atoms with Gasteiger partial charge in [0.2, 0.25) is 0 Å². The number of rotatable bonds is 31. The molecule has 3 rings (SSSR count). The zero-order valence-corrected chi connectivity index (χ0v) is 32.7. The fourth-order valence-corrected chi connectivity index (χ4v) is 8.50. The van der Waals surface area contributed by atoms with E-state index in [0.717, 1.165) is 25.9 Å². The molecule has 0 fully saturated rings. The Bertz CT molecular complexity index is 1050. The fourth-order valence-electron chi connectivity index (χ4n) is 8.50. The van der Waals surface area contributed by atoms with Crippen molar-refractivity contribution in [1.82, 2.24) is 9.80 Å². The first-order valence-electron chi connectivity index (χ1n) is 21.6. The summed E-state index contributed by atoms with van der Waals surface area (Å²) in [6.07, 6.45) is 40.8. The summed E-state index contributed by atoms with van der Waals surface area (Å²) in [7, 11) is 0. The molecule has 2 aromatic rings. The van der Waals surface area contributed by atoms with Gasteiger partial charge in [-0.2, -0.15) is 0 Å². The second-order valence-corrected chi connectivity index (χ2v) is 15.4. The minimum atomic E-state index is -0.0624. The van der Waals surface area contributed by atoms with Crippen LogP contribution in [0.5, 0.6) is 0 Å². The molecule has 0 N–H and O–H groups in total. The Labute approximate surface area is 305 Å². The summed E-state index contributed by atoms with van der Waals surface area (Å²) in [5.41, 5.74) is 2.89. The Balaban J connectivity index is 1.58. The molecule has 0 aliphatic carbocycles. The van der Waals surface area contributed by atoms with Crippen LogP contribution in [0.3, 0.4) is 0 Å². The molecule has 0 amide bonds. The lowest BCUT2D eigenvalue weighted by Gasteiger charge is -2.51. The molecule has 1 aliphatic heterocycles. The zero-order chi connectivity index (χ0) is 34.7. The predicted octanol–water partition coefficient (Wildman–Crippen LogP) is 14.6. The van der Waals surface area contributed by atoms with Gasteiger partial charge in [-0.1, -0.05) is 223 Å². The van der Waals surface area contributed by atoms with Crippen LogP contribution >= 0.6 is 0 Å². The number of unbranched alkanes of at least 4 members (excludes halogenated alkanes) is 22. The van der Waals surface area contributed by atoms with E-state index in [-0.39, 0.29) is 5.66 Å². The van der Waals surface area contributed by atoms with Crippen LogP contribution in [0.15, 0.2) is 73.1 Å². The van der Waals surface area contributed by atoms with E-state index in [4.69, 9.17) is 0 Å². The summed E-state index contributed by atoms with van der Waals surface area (Å²) in [6, 6.07) is 22.8. The monoisotopic (exact) mass is 671 g/mol. The van der Waals surface area contributed by atoms with Crippen LogP contribution in [0.25, 0.3) is 0 Å². The Morgan fingerprint density at radius 3 is 1.14 bits per heavy atom. The van der Waals surface area contributed by atoms with Crippen molar-refractivity contribution in [2.24, 2.45) is 0 Å². The first-order chi connectivity index (χ1) is 24.3. The lowest BCUT2D eigenvalue weighted by molar-refractivity contribution is -0.00378. The van der Waals surface area contributed by atoms with Crippen molar-refractivity contribution in [3.63, 3.8) is 0 Å². The number of hydrogen-bond acceptors (Lipinski definition) is 2. The molecule has 0 saturated heterocycles. The Hall–Kier alpha value is -2.22. The second kappa shape index (κ2) is 26.6. The average molecular weight is 671 g/mol. The number of hydrogen-bond donors (Lipinski definition) is 0. The van der Waals surface area contributed by atoms with E-state index in [0.29, 0.717) is 5.92 Å². The number of benzene rings is 2. The lowest BCUT2D eigenvalue weighted by atomic mass is 9.78. The maximum absolute atomic E-state index is 2.79. The normalized spacial score (nSPS) is 16.6. The summed E-state index contributed by atoms with van der Waals surface area (Å²) in [6.45, 7) is 9.35. The standard InChI is InChI=1S/C47H78N2/c1-4-7-9-11-13-15-17-18-20-22-24-26-34-40-49-42-41-48(39-33-25-23-21-19-16-14-12-10-8-5-2)47(49,43-44-35-29-27-30-36-44)46(6-3)45-37-31-28-32-38-45/h27-32,35-38,41-42,46H,4-26,33-34,39-40,43H2,1-3H3. The SMILES string of the molecule is CCCCCCCCCCCCCCCN1C=CN(CCCCCCCCCCCCC)C1(Cc1ccccc1)C(CC)c1ccccc1. The van der Waals surface area contributed by atoms with E-state index >= 15 is 0 Å². The van der Waals surface area contributed by atoms with E-state index in [1.165, 1.54) is 165 Å². The first kappa shape index (κ1) is 41.2. The molecular weight excluding hydrogens is 593 g/mol. The van der Waals surface area contributed by atoms with Gasteiger partial charge in [0.25, 0.3) is 0 Å². The van der Waals surface area contributed by atoms with Crippen LogP contribution in [0.2, 0.25) is 0 Å². The van der Waals surface area contributed by atoms with Gasteiger partial charge in [-0.05, 0) is 30.4 Å². The molecule has 2 nitrogen and oxygen atoms in total. The zero-order valence-electron chi connectivity index (χ0n) is 32.7. The van der Waals surface area contributed by atoms with Gasteiger partial charge in [0.1, 0.15) is 5.66 Å². The van der Waals surface area contributed by atoms with E-state index in [2.05, 4.69) is 104 Å². The van der Waals surface area contributed by atoms with E-state index < -0.39 is 0 Å². The van der Waals surface area contributed by atoms with Crippen molar-refractivity contribution < 1.29 is 0 Å². The number of nitrogens with zero attached hydrogens (tertiary/aromatic N) is 2. The van der Waals surface area contributed by atoms with Crippen molar-refractivity contribution in [3.05, 3.63) is 84.2 Å². The molecule has 0 aromatic heterocycles. The van der Waals surface area contributed by atoms with Crippen LogP contribution in [0.1, 0.15) is 198 Å². The van der Waals surface area contributed by atoms with Gasteiger partial charge in [0.05, 0.1) is 0 Å². The lowest BCUT2D eigenvalue weighted by Crippen LogP contribution is -2.59. The van der Waals surface area contributed by atoms with Crippen LogP contribution in [-0.4, -0.2) is 28.6 Å². The predicted molar refractivity (Wildman–Crippen MR) is 217 cm³/mol. The molecule has 2 aromatic carbocycles. The highest BCUT2D eigenvalue weighted by molar-refractivity contribution is 5.30. The first-order valence-corrected chi connectivity index (χ1v) is 21.6. The second-order valence-electron chi connectivity index (χ2n) is 15.4. The molecule has 0 bridgehead atoms. The summed E-state index contributed by atoms with van der Waals surface area (Å²) in [5.74, 6) is 0.443. The Kier molecular flexibility index (Phi) is 22.3. The van der Waals surface area contributed by atoms with Crippen molar-refractivity contribution in [2.45, 2.75) is 199 Å². The van der Waals surface area contributed by atoms with Gasteiger partial charge in [-0.15, -0.1) is 0 Å². The van der Waals surface area contributed by atoms with E-state index in [9.17, 15) is 0 Å². The van der Waals surface area contributed by atoms with Gasteiger partial charge in [-0.3, -0.25) is 0 Å². The fraction of sp³-hybridized carbons (Fsp3) is 0.702. The van der Waals surface area contributed by atoms with Gasteiger partial charge in [0, 0.05) is 37.8 Å². The largest absolute Gasteiger partial charge is 0.353 e. The minimum Gasteiger partial charge on any atom is -0.353 e. The Morgan fingerprint density at radius 2 is 0.776 bits per heavy atom. The highest BCUT2D eigenvalue weighted by atomic mass is 15.4. The van der Waals surface area contributed by atoms with Crippen molar-refractivity contribution in [2.75, 3.05) is 13.1 Å². The molecule has 0 saturated carbocycles. The molecular formula is C47H78N2. The highest BCUT2D eigenvalue weighted by Crippen LogP contribution is 2.45. The van der Waals surface area contributed by atoms with Crippen molar-refractivity contribution in [3.8, 4) is 0 Å². The molecule has 2 heteroatoms. The van der Waals surface area contributed by atoms with Crippen LogP contribution in [0.4, 0.5) is 0 Å². The maximum Gasteiger partial charge on any atom is 0.123 e. The quantitative estimate of drug-likeness (QED) is 0.0737. The van der Waals surface area contributed by atoms with E-state index in [1.54, 1.807) is 0 Å². The molecule has 1 aliphatic rings. The minimum absolute atomic E-state index is 0.0624. The molecule has 0 spiro atoms. The Morgan fingerprint density at radius 1 is 0.429 bits per heavy atom. The van der Waals surface area contributed by atoms with E-state index in [1.807, 2.05) is 0 Å². The topological polar surface area (TPSA) is 6.48 Å².